The lowest BCUT2D eigenvalue weighted by Gasteiger charge is -2.14. The fourth-order valence-electron chi connectivity index (χ4n) is 3.06. The number of esters is 1. The standard InChI is InChI=1S/C22H22N4O5/c1-4-26-18-10-7-15(11-17(18)24-12(2)21(26)29)22(30)31-13(3)20(28)25-16-8-5-14(6-9-16)19(23)27/h5-11,13H,4H2,1-3H3,(H2,23,27)(H,25,28). The van der Waals surface area contributed by atoms with Crippen molar-refractivity contribution in [3.05, 3.63) is 69.6 Å². The SMILES string of the molecule is CCn1c(=O)c(C)nc2cc(C(=O)OC(C)C(=O)Nc3ccc(C(N)=O)cc3)ccc21. The zero-order valence-electron chi connectivity index (χ0n) is 17.3. The van der Waals surface area contributed by atoms with Gasteiger partial charge in [-0.3, -0.25) is 14.4 Å². The van der Waals surface area contributed by atoms with Gasteiger partial charge in [0.1, 0.15) is 5.69 Å². The molecule has 1 aromatic heterocycles. The van der Waals surface area contributed by atoms with Crippen LogP contribution < -0.4 is 16.6 Å². The predicted molar refractivity (Wildman–Crippen MR) is 115 cm³/mol. The van der Waals surface area contributed by atoms with Crippen LogP contribution >= 0.6 is 0 Å². The number of aryl methyl sites for hydroxylation is 2. The molecular weight excluding hydrogens is 400 g/mol. The summed E-state index contributed by atoms with van der Waals surface area (Å²) >= 11 is 0. The maximum Gasteiger partial charge on any atom is 0.338 e. The van der Waals surface area contributed by atoms with E-state index in [1.54, 1.807) is 17.6 Å². The van der Waals surface area contributed by atoms with Gasteiger partial charge < -0.3 is 20.4 Å². The van der Waals surface area contributed by atoms with Crippen molar-refractivity contribution >= 4 is 34.5 Å². The number of carbonyl (C=O) groups excluding carboxylic acids is 3. The summed E-state index contributed by atoms with van der Waals surface area (Å²) in [6.45, 7) is 5.38. The Labute approximate surface area is 177 Å². The zero-order chi connectivity index (χ0) is 22.7. The summed E-state index contributed by atoms with van der Waals surface area (Å²) < 4.78 is 6.85. The topological polar surface area (TPSA) is 133 Å². The number of anilines is 1. The van der Waals surface area contributed by atoms with Crippen molar-refractivity contribution in [1.29, 1.82) is 0 Å². The Morgan fingerprint density at radius 1 is 1.13 bits per heavy atom. The highest BCUT2D eigenvalue weighted by molar-refractivity contribution is 5.99. The van der Waals surface area contributed by atoms with E-state index in [9.17, 15) is 19.2 Å². The summed E-state index contributed by atoms with van der Waals surface area (Å²) in [5, 5.41) is 2.60. The number of nitrogens with zero attached hydrogens (tertiary/aromatic N) is 2. The van der Waals surface area contributed by atoms with E-state index in [-0.39, 0.29) is 11.1 Å². The van der Waals surface area contributed by atoms with E-state index in [1.165, 1.54) is 43.3 Å². The lowest BCUT2D eigenvalue weighted by Crippen LogP contribution is -2.30. The second kappa shape index (κ2) is 8.78. The van der Waals surface area contributed by atoms with Crippen LogP contribution in [0.15, 0.2) is 47.3 Å². The van der Waals surface area contributed by atoms with Gasteiger partial charge in [-0.15, -0.1) is 0 Å². The summed E-state index contributed by atoms with van der Waals surface area (Å²) in [7, 11) is 0. The normalized spacial score (nSPS) is 11.7. The second-order valence-corrected chi connectivity index (χ2v) is 6.93. The number of benzene rings is 2. The molecule has 0 saturated heterocycles. The van der Waals surface area contributed by atoms with E-state index in [1.807, 2.05) is 6.92 Å². The van der Waals surface area contributed by atoms with Gasteiger partial charge in [-0.25, -0.2) is 9.78 Å². The molecule has 9 nitrogen and oxygen atoms in total. The maximum atomic E-state index is 12.5. The van der Waals surface area contributed by atoms with Crippen LogP contribution in [0.1, 0.15) is 40.3 Å². The van der Waals surface area contributed by atoms with Gasteiger partial charge in [0.25, 0.3) is 11.5 Å². The van der Waals surface area contributed by atoms with Crippen LogP contribution in [0.3, 0.4) is 0 Å². The van der Waals surface area contributed by atoms with Crippen LogP contribution in [0, 0.1) is 6.92 Å². The molecule has 0 radical (unpaired) electrons. The second-order valence-electron chi connectivity index (χ2n) is 6.93. The van der Waals surface area contributed by atoms with Gasteiger partial charge in [0.2, 0.25) is 5.91 Å². The van der Waals surface area contributed by atoms with Crippen molar-refractivity contribution in [2.75, 3.05) is 5.32 Å². The molecule has 0 spiro atoms. The number of hydrogen-bond donors (Lipinski definition) is 2. The Balaban J connectivity index is 1.73. The smallest absolute Gasteiger partial charge is 0.338 e. The van der Waals surface area contributed by atoms with Gasteiger partial charge >= 0.3 is 5.97 Å². The molecular formula is C22H22N4O5. The lowest BCUT2D eigenvalue weighted by atomic mass is 10.2. The summed E-state index contributed by atoms with van der Waals surface area (Å²) in [6.07, 6.45) is -1.07. The third-order valence-electron chi connectivity index (χ3n) is 4.75. The summed E-state index contributed by atoms with van der Waals surface area (Å²) in [4.78, 5) is 52.4. The predicted octanol–water partition coefficient (Wildman–Crippen LogP) is 2.01. The number of primary amides is 1. The van der Waals surface area contributed by atoms with Crippen LogP contribution in [-0.4, -0.2) is 33.4 Å². The van der Waals surface area contributed by atoms with Crippen molar-refractivity contribution in [3.63, 3.8) is 0 Å². The minimum absolute atomic E-state index is 0.181. The number of nitrogens with two attached hydrogens (primary N) is 1. The molecule has 0 aliphatic rings. The number of nitrogens with one attached hydrogen (secondary N) is 1. The molecule has 2 amide bonds. The van der Waals surface area contributed by atoms with Gasteiger partial charge in [0.15, 0.2) is 6.10 Å². The zero-order valence-corrected chi connectivity index (χ0v) is 17.3. The highest BCUT2D eigenvalue weighted by Crippen LogP contribution is 2.16. The third-order valence-corrected chi connectivity index (χ3v) is 4.75. The van der Waals surface area contributed by atoms with Crippen LogP contribution in [0.2, 0.25) is 0 Å². The fraction of sp³-hybridized carbons (Fsp3) is 0.227. The number of rotatable bonds is 6. The van der Waals surface area contributed by atoms with Crippen LogP contribution in [0.25, 0.3) is 11.0 Å². The molecule has 3 aromatic rings. The van der Waals surface area contributed by atoms with E-state index >= 15 is 0 Å². The molecule has 0 bridgehead atoms. The molecule has 1 atom stereocenters. The Morgan fingerprint density at radius 2 is 1.77 bits per heavy atom. The Hall–Kier alpha value is -4.01. The number of hydrogen-bond acceptors (Lipinski definition) is 6. The first-order chi connectivity index (χ1) is 14.7. The Bertz CT molecular complexity index is 1230. The molecule has 9 heteroatoms. The summed E-state index contributed by atoms with van der Waals surface area (Å²) in [5.41, 5.74) is 7.39. The average molecular weight is 422 g/mol. The molecule has 0 aliphatic carbocycles. The molecule has 0 saturated carbocycles. The molecule has 31 heavy (non-hydrogen) atoms. The van der Waals surface area contributed by atoms with E-state index in [4.69, 9.17) is 10.5 Å². The molecule has 0 aliphatic heterocycles. The third kappa shape index (κ3) is 4.61. The molecule has 0 fully saturated rings. The Morgan fingerprint density at radius 3 is 2.39 bits per heavy atom. The largest absolute Gasteiger partial charge is 0.449 e. The van der Waals surface area contributed by atoms with Crippen molar-refractivity contribution in [2.45, 2.75) is 33.4 Å². The highest BCUT2D eigenvalue weighted by atomic mass is 16.5. The first-order valence-electron chi connectivity index (χ1n) is 9.64. The van der Waals surface area contributed by atoms with Crippen LogP contribution in [0.5, 0.6) is 0 Å². The lowest BCUT2D eigenvalue weighted by molar-refractivity contribution is -0.123. The van der Waals surface area contributed by atoms with E-state index < -0.39 is 23.9 Å². The van der Waals surface area contributed by atoms with Crippen molar-refractivity contribution < 1.29 is 19.1 Å². The number of fused-ring (bicyclic) bond motifs is 1. The van der Waals surface area contributed by atoms with Crippen molar-refractivity contribution in [3.8, 4) is 0 Å². The summed E-state index contributed by atoms with van der Waals surface area (Å²) in [5.74, 6) is -1.80. The van der Waals surface area contributed by atoms with E-state index in [0.717, 1.165) is 0 Å². The van der Waals surface area contributed by atoms with E-state index in [0.29, 0.717) is 34.5 Å². The van der Waals surface area contributed by atoms with Gasteiger partial charge in [-0.05, 0) is 63.2 Å². The van der Waals surface area contributed by atoms with Crippen molar-refractivity contribution in [1.82, 2.24) is 9.55 Å². The van der Waals surface area contributed by atoms with Gasteiger partial charge in [0, 0.05) is 17.8 Å². The number of aromatic nitrogens is 2. The van der Waals surface area contributed by atoms with Gasteiger partial charge in [-0.2, -0.15) is 0 Å². The molecule has 1 heterocycles. The minimum atomic E-state index is -1.07. The molecule has 2 aromatic carbocycles. The van der Waals surface area contributed by atoms with E-state index in [2.05, 4.69) is 10.3 Å². The van der Waals surface area contributed by atoms with Crippen LogP contribution in [0.4, 0.5) is 5.69 Å². The highest BCUT2D eigenvalue weighted by Gasteiger charge is 2.20. The molecule has 3 N–H and O–H groups in total. The number of carbonyl (C=O) groups is 3. The summed E-state index contributed by atoms with van der Waals surface area (Å²) in [6, 6.07) is 10.7. The van der Waals surface area contributed by atoms with Gasteiger partial charge in [-0.1, -0.05) is 0 Å². The fourth-order valence-corrected chi connectivity index (χ4v) is 3.06. The molecule has 3 rings (SSSR count). The number of amides is 2. The monoisotopic (exact) mass is 422 g/mol. The van der Waals surface area contributed by atoms with Gasteiger partial charge in [0.05, 0.1) is 16.6 Å². The molecule has 160 valence electrons. The average Bonchev–Trinajstić information content (AvgIpc) is 2.74. The first-order valence-corrected chi connectivity index (χ1v) is 9.64. The quantitative estimate of drug-likeness (QED) is 0.584. The molecule has 1 unspecified atom stereocenters. The Kier molecular flexibility index (Phi) is 6.15. The van der Waals surface area contributed by atoms with Crippen LogP contribution in [-0.2, 0) is 16.1 Å². The number of ether oxygens (including phenoxy) is 1. The minimum Gasteiger partial charge on any atom is -0.449 e. The maximum absolute atomic E-state index is 12.5. The first kappa shape index (κ1) is 21.7. The van der Waals surface area contributed by atoms with Crippen molar-refractivity contribution in [2.24, 2.45) is 5.73 Å².